The third kappa shape index (κ3) is 5.31. The van der Waals surface area contributed by atoms with E-state index in [1.54, 1.807) is 18.2 Å². The Morgan fingerprint density at radius 1 is 1.21 bits per heavy atom. The van der Waals surface area contributed by atoms with E-state index < -0.39 is 0 Å². The maximum atomic E-state index is 12.2. The van der Waals surface area contributed by atoms with E-state index in [4.69, 9.17) is 16.3 Å². The van der Waals surface area contributed by atoms with E-state index in [2.05, 4.69) is 36.4 Å². The summed E-state index contributed by atoms with van der Waals surface area (Å²) in [6, 6.07) is 13.6. The number of carbonyl (C=O) groups excluding carboxylic acids is 1. The Morgan fingerprint density at radius 2 is 1.92 bits per heavy atom. The number of rotatable bonds is 7. The predicted octanol–water partition coefficient (Wildman–Crippen LogP) is 3.21. The van der Waals surface area contributed by atoms with Crippen LogP contribution >= 0.6 is 11.6 Å². The first-order valence-corrected chi connectivity index (χ1v) is 8.69. The summed E-state index contributed by atoms with van der Waals surface area (Å²) in [6.45, 7) is 6.60. The SMILES string of the molecule is CBc1ccc(CCNC(=O)c2ccc(OC(C)C)c(Cl)c2)cc1. The van der Waals surface area contributed by atoms with Gasteiger partial charge in [0, 0.05) is 12.1 Å². The maximum Gasteiger partial charge on any atom is 0.251 e. The van der Waals surface area contributed by atoms with Crippen LogP contribution in [0, 0.1) is 0 Å². The van der Waals surface area contributed by atoms with Gasteiger partial charge in [-0.3, -0.25) is 4.79 Å². The summed E-state index contributed by atoms with van der Waals surface area (Å²) in [7, 11) is 1.04. The second-order valence-corrected chi connectivity index (χ2v) is 6.39. The highest BCUT2D eigenvalue weighted by Crippen LogP contribution is 2.26. The van der Waals surface area contributed by atoms with Crippen molar-refractivity contribution in [2.24, 2.45) is 0 Å². The summed E-state index contributed by atoms with van der Waals surface area (Å²) in [5.41, 5.74) is 3.07. The van der Waals surface area contributed by atoms with Crippen molar-refractivity contribution in [2.75, 3.05) is 6.54 Å². The number of ether oxygens (including phenoxy) is 1. The van der Waals surface area contributed by atoms with Crippen molar-refractivity contribution in [3.63, 3.8) is 0 Å². The van der Waals surface area contributed by atoms with Gasteiger partial charge in [-0.1, -0.05) is 48.2 Å². The lowest BCUT2D eigenvalue weighted by Gasteiger charge is -2.12. The minimum atomic E-state index is -0.127. The van der Waals surface area contributed by atoms with Gasteiger partial charge in [0.05, 0.1) is 11.1 Å². The Kier molecular flexibility index (Phi) is 6.74. The highest BCUT2D eigenvalue weighted by Gasteiger charge is 2.10. The Morgan fingerprint density at radius 3 is 2.50 bits per heavy atom. The first-order chi connectivity index (χ1) is 11.5. The van der Waals surface area contributed by atoms with E-state index in [-0.39, 0.29) is 12.0 Å². The molecule has 3 nitrogen and oxygen atoms in total. The first-order valence-electron chi connectivity index (χ1n) is 8.31. The minimum Gasteiger partial charge on any atom is -0.489 e. The van der Waals surface area contributed by atoms with Crippen LogP contribution in [0.4, 0.5) is 0 Å². The van der Waals surface area contributed by atoms with Gasteiger partial charge in [-0.15, -0.1) is 0 Å². The summed E-state index contributed by atoms with van der Waals surface area (Å²) in [4.78, 5) is 12.2. The standard InChI is InChI=1S/C19H23BClNO2/c1-13(2)24-18-9-6-15(12-17(18)21)19(23)22-11-10-14-4-7-16(20-3)8-5-14/h4-9,12-13,20H,10-11H2,1-3H3,(H,22,23). The molecule has 5 heteroatoms. The van der Waals surface area contributed by atoms with Crippen molar-refractivity contribution in [1.82, 2.24) is 5.32 Å². The summed E-state index contributed by atoms with van der Waals surface area (Å²) in [5, 5.41) is 3.38. The highest BCUT2D eigenvalue weighted by atomic mass is 35.5. The zero-order valence-electron chi connectivity index (χ0n) is 14.4. The van der Waals surface area contributed by atoms with Crippen LogP contribution in [0.3, 0.4) is 0 Å². The maximum absolute atomic E-state index is 12.2. The molecule has 0 unspecified atom stereocenters. The van der Waals surface area contributed by atoms with Crippen molar-refractivity contribution >= 4 is 30.3 Å². The van der Waals surface area contributed by atoms with Gasteiger partial charge in [0.25, 0.3) is 5.91 Å². The van der Waals surface area contributed by atoms with Gasteiger partial charge >= 0.3 is 0 Å². The van der Waals surface area contributed by atoms with Crippen LogP contribution in [-0.2, 0) is 6.42 Å². The minimum absolute atomic E-state index is 0.0428. The third-order valence-corrected chi connectivity index (χ3v) is 3.98. The van der Waals surface area contributed by atoms with Gasteiger partial charge in [0.15, 0.2) is 7.28 Å². The van der Waals surface area contributed by atoms with E-state index in [0.717, 1.165) is 13.7 Å². The molecular weight excluding hydrogens is 320 g/mol. The molecular formula is C19H23BClNO2. The molecule has 0 spiro atoms. The molecule has 2 aromatic carbocycles. The van der Waals surface area contributed by atoms with E-state index >= 15 is 0 Å². The molecule has 0 aromatic heterocycles. The second-order valence-electron chi connectivity index (χ2n) is 5.99. The monoisotopic (exact) mass is 343 g/mol. The lowest BCUT2D eigenvalue weighted by molar-refractivity contribution is 0.0954. The van der Waals surface area contributed by atoms with Crippen LogP contribution in [0.2, 0.25) is 11.8 Å². The molecule has 2 aromatic rings. The van der Waals surface area contributed by atoms with Gasteiger partial charge in [-0.05, 0) is 44.0 Å². The lowest BCUT2D eigenvalue weighted by Crippen LogP contribution is -2.25. The molecule has 1 N–H and O–H groups in total. The molecule has 1 amide bonds. The topological polar surface area (TPSA) is 38.3 Å². The number of amides is 1. The fourth-order valence-electron chi connectivity index (χ4n) is 2.36. The van der Waals surface area contributed by atoms with E-state index in [1.807, 2.05) is 13.8 Å². The molecule has 0 fully saturated rings. The zero-order valence-corrected chi connectivity index (χ0v) is 15.2. The van der Waals surface area contributed by atoms with Crippen molar-refractivity contribution in [2.45, 2.75) is 33.2 Å². The zero-order chi connectivity index (χ0) is 17.5. The average molecular weight is 344 g/mol. The third-order valence-electron chi connectivity index (χ3n) is 3.69. The number of nitrogens with one attached hydrogen (secondary N) is 1. The van der Waals surface area contributed by atoms with Gasteiger partial charge in [-0.25, -0.2) is 0 Å². The van der Waals surface area contributed by atoms with Gasteiger partial charge < -0.3 is 10.1 Å². The molecule has 0 heterocycles. The molecule has 24 heavy (non-hydrogen) atoms. The second kappa shape index (κ2) is 8.79. The largest absolute Gasteiger partial charge is 0.489 e. The van der Waals surface area contributed by atoms with Crippen molar-refractivity contribution in [1.29, 1.82) is 0 Å². The smallest absolute Gasteiger partial charge is 0.251 e. The molecule has 126 valence electrons. The molecule has 0 atom stereocenters. The quantitative estimate of drug-likeness (QED) is 0.784. The molecule has 0 saturated carbocycles. The summed E-state index contributed by atoms with van der Waals surface area (Å²) in [6.07, 6.45) is 0.846. The van der Waals surface area contributed by atoms with Gasteiger partial charge in [-0.2, -0.15) is 0 Å². The summed E-state index contributed by atoms with van der Waals surface area (Å²) in [5.74, 6) is 0.470. The van der Waals surface area contributed by atoms with Crippen molar-refractivity contribution in [3.05, 3.63) is 58.6 Å². The molecule has 0 aliphatic carbocycles. The summed E-state index contributed by atoms with van der Waals surface area (Å²) >= 11 is 6.17. The van der Waals surface area contributed by atoms with Crippen LogP contribution in [0.25, 0.3) is 0 Å². The van der Waals surface area contributed by atoms with Gasteiger partial charge in [0.2, 0.25) is 0 Å². The number of benzene rings is 2. The Balaban J connectivity index is 1.88. The molecule has 0 radical (unpaired) electrons. The Bertz CT molecular complexity index is 686. The van der Waals surface area contributed by atoms with Crippen LogP contribution in [0.5, 0.6) is 5.75 Å². The number of halogens is 1. The number of hydrogen-bond donors (Lipinski definition) is 1. The normalized spacial score (nSPS) is 10.5. The molecule has 0 bridgehead atoms. The van der Waals surface area contributed by atoms with Crippen molar-refractivity contribution < 1.29 is 9.53 Å². The van der Waals surface area contributed by atoms with E-state index in [9.17, 15) is 4.79 Å². The fourth-order valence-corrected chi connectivity index (χ4v) is 2.58. The van der Waals surface area contributed by atoms with E-state index in [1.165, 1.54) is 11.0 Å². The highest BCUT2D eigenvalue weighted by molar-refractivity contribution is 6.51. The lowest BCUT2D eigenvalue weighted by atomic mass is 9.73. The fraction of sp³-hybridized carbons (Fsp3) is 0.316. The van der Waals surface area contributed by atoms with Gasteiger partial charge in [0.1, 0.15) is 5.75 Å². The molecule has 2 rings (SSSR count). The van der Waals surface area contributed by atoms with Crippen LogP contribution in [0.15, 0.2) is 42.5 Å². The number of hydrogen-bond acceptors (Lipinski definition) is 2. The van der Waals surface area contributed by atoms with Crippen LogP contribution in [0.1, 0.15) is 29.8 Å². The molecule has 0 aliphatic rings. The van der Waals surface area contributed by atoms with Crippen molar-refractivity contribution in [3.8, 4) is 5.75 Å². The van der Waals surface area contributed by atoms with Crippen LogP contribution < -0.4 is 15.5 Å². The average Bonchev–Trinajstić information content (AvgIpc) is 2.57. The summed E-state index contributed by atoms with van der Waals surface area (Å²) < 4.78 is 5.57. The Hall–Kier alpha value is -1.94. The first kappa shape index (κ1) is 18.4. The molecule has 0 aliphatic heterocycles. The van der Waals surface area contributed by atoms with E-state index in [0.29, 0.717) is 22.9 Å². The van der Waals surface area contributed by atoms with Crippen LogP contribution in [-0.4, -0.2) is 25.8 Å². The Labute approximate surface area is 149 Å². The predicted molar refractivity (Wildman–Crippen MR) is 102 cm³/mol. The molecule has 0 saturated heterocycles. The number of carbonyl (C=O) groups is 1.